The molecule has 0 radical (unpaired) electrons. The van der Waals surface area contributed by atoms with Gasteiger partial charge in [0.25, 0.3) is 5.91 Å². The number of carbonyl (C=O) groups excluding carboxylic acids is 1. The molecule has 27 heavy (non-hydrogen) atoms. The van der Waals surface area contributed by atoms with E-state index in [0.717, 1.165) is 42.7 Å². The minimum atomic E-state index is -0.0270. The van der Waals surface area contributed by atoms with E-state index in [1.165, 1.54) is 0 Å². The summed E-state index contributed by atoms with van der Waals surface area (Å²) in [6.07, 6.45) is 2.73. The number of nitrogens with zero attached hydrogens (tertiary/aromatic N) is 2. The van der Waals surface area contributed by atoms with Crippen molar-refractivity contribution in [3.05, 3.63) is 53.9 Å². The third-order valence-electron chi connectivity index (χ3n) is 5.23. The van der Waals surface area contributed by atoms with Crippen molar-refractivity contribution in [2.75, 3.05) is 19.8 Å². The van der Waals surface area contributed by atoms with E-state index >= 15 is 0 Å². The molecule has 1 aromatic heterocycles. The summed E-state index contributed by atoms with van der Waals surface area (Å²) in [6.45, 7) is 1.98. The van der Waals surface area contributed by atoms with Crippen molar-refractivity contribution in [2.24, 2.45) is 0 Å². The molecule has 2 aromatic carbocycles. The molecule has 0 unspecified atom stereocenters. The second-order valence-electron chi connectivity index (χ2n) is 7.01. The molecule has 3 heterocycles. The standard InChI is InChI=1S/C21H21N3O3/c25-21(14-8-9-18-19(13-14)27-12-4-11-26-18)24-10-3-7-17(24)20-22-15-5-1-2-6-16(15)23-20/h1-2,5-6,8-9,13,17H,3-4,7,10-12H2,(H,22,23)/t17-/m0/s1. The lowest BCUT2D eigenvalue weighted by Gasteiger charge is -2.23. The summed E-state index contributed by atoms with van der Waals surface area (Å²) >= 11 is 0. The number of aromatic amines is 1. The Hall–Kier alpha value is -3.02. The number of nitrogens with one attached hydrogen (secondary N) is 1. The zero-order chi connectivity index (χ0) is 18.2. The van der Waals surface area contributed by atoms with Crippen LogP contribution in [0.15, 0.2) is 42.5 Å². The molecule has 1 fully saturated rings. The van der Waals surface area contributed by atoms with Gasteiger partial charge in [-0.2, -0.15) is 0 Å². The van der Waals surface area contributed by atoms with Gasteiger partial charge in [0.1, 0.15) is 5.82 Å². The number of imidazole rings is 1. The van der Waals surface area contributed by atoms with Gasteiger partial charge >= 0.3 is 0 Å². The van der Waals surface area contributed by atoms with Crippen molar-refractivity contribution < 1.29 is 14.3 Å². The van der Waals surface area contributed by atoms with Crippen LogP contribution >= 0.6 is 0 Å². The average Bonchev–Trinajstić information content (AvgIpc) is 3.28. The second kappa shape index (κ2) is 6.61. The molecule has 0 saturated carbocycles. The Labute approximate surface area is 157 Å². The Morgan fingerprint density at radius 2 is 1.93 bits per heavy atom. The fourth-order valence-corrected chi connectivity index (χ4v) is 3.89. The third kappa shape index (κ3) is 2.91. The fourth-order valence-electron chi connectivity index (χ4n) is 3.89. The highest BCUT2D eigenvalue weighted by Gasteiger charge is 2.33. The quantitative estimate of drug-likeness (QED) is 0.754. The monoisotopic (exact) mass is 363 g/mol. The molecule has 138 valence electrons. The van der Waals surface area contributed by atoms with Gasteiger partial charge in [0.05, 0.1) is 30.3 Å². The molecule has 0 bridgehead atoms. The van der Waals surface area contributed by atoms with E-state index in [9.17, 15) is 4.79 Å². The lowest BCUT2D eigenvalue weighted by Crippen LogP contribution is -2.31. The van der Waals surface area contributed by atoms with Crippen LogP contribution < -0.4 is 9.47 Å². The first-order valence-corrected chi connectivity index (χ1v) is 9.45. The first-order valence-electron chi connectivity index (χ1n) is 9.45. The second-order valence-corrected chi connectivity index (χ2v) is 7.01. The van der Waals surface area contributed by atoms with E-state index in [4.69, 9.17) is 14.5 Å². The highest BCUT2D eigenvalue weighted by atomic mass is 16.5. The summed E-state index contributed by atoms with van der Waals surface area (Å²) < 4.78 is 11.4. The normalized spacial score (nSPS) is 19.3. The van der Waals surface area contributed by atoms with Gasteiger partial charge in [-0.05, 0) is 43.2 Å². The number of rotatable bonds is 2. The van der Waals surface area contributed by atoms with Crippen molar-refractivity contribution in [2.45, 2.75) is 25.3 Å². The van der Waals surface area contributed by atoms with Gasteiger partial charge in [0, 0.05) is 18.5 Å². The van der Waals surface area contributed by atoms with E-state index in [-0.39, 0.29) is 11.9 Å². The molecule has 6 heteroatoms. The molecular weight excluding hydrogens is 342 g/mol. The summed E-state index contributed by atoms with van der Waals surface area (Å²) in [4.78, 5) is 23.2. The van der Waals surface area contributed by atoms with Crippen LogP contribution in [0.5, 0.6) is 11.5 Å². The minimum absolute atomic E-state index is 0.00797. The van der Waals surface area contributed by atoms with Crippen molar-refractivity contribution in [3.8, 4) is 11.5 Å². The van der Waals surface area contributed by atoms with E-state index in [1.54, 1.807) is 6.07 Å². The van der Waals surface area contributed by atoms with Gasteiger partial charge in [-0.25, -0.2) is 4.98 Å². The van der Waals surface area contributed by atoms with E-state index in [0.29, 0.717) is 30.3 Å². The van der Waals surface area contributed by atoms with Gasteiger partial charge in [-0.15, -0.1) is 0 Å². The number of aromatic nitrogens is 2. The Balaban J connectivity index is 1.44. The van der Waals surface area contributed by atoms with Gasteiger partial charge in [0.15, 0.2) is 11.5 Å². The minimum Gasteiger partial charge on any atom is -0.490 e. The molecule has 1 amide bonds. The summed E-state index contributed by atoms with van der Waals surface area (Å²) in [7, 11) is 0. The number of para-hydroxylation sites is 2. The number of H-pyrrole nitrogens is 1. The Morgan fingerprint density at radius 3 is 2.81 bits per heavy atom. The maximum absolute atomic E-state index is 13.2. The molecule has 1 saturated heterocycles. The Bertz CT molecular complexity index is 964. The van der Waals surface area contributed by atoms with Crippen molar-refractivity contribution in [3.63, 3.8) is 0 Å². The van der Waals surface area contributed by atoms with Crippen LogP contribution in [-0.4, -0.2) is 40.5 Å². The Morgan fingerprint density at radius 1 is 1.07 bits per heavy atom. The predicted molar refractivity (Wildman–Crippen MR) is 101 cm³/mol. The van der Waals surface area contributed by atoms with Crippen LogP contribution in [0.2, 0.25) is 0 Å². The number of fused-ring (bicyclic) bond motifs is 2. The first-order chi connectivity index (χ1) is 13.3. The first kappa shape index (κ1) is 16.2. The van der Waals surface area contributed by atoms with Crippen LogP contribution in [0.4, 0.5) is 0 Å². The number of hydrogen-bond donors (Lipinski definition) is 1. The SMILES string of the molecule is O=C(c1ccc2c(c1)OCCCO2)N1CCC[C@H]1c1nc2ccccc2[nH]1. The zero-order valence-electron chi connectivity index (χ0n) is 15.0. The topological polar surface area (TPSA) is 67.5 Å². The molecule has 1 atom stereocenters. The summed E-state index contributed by atoms with van der Waals surface area (Å²) in [5, 5.41) is 0. The lowest BCUT2D eigenvalue weighted by atomic mass is 10.1. The van der Waals surface area contributed by atoms with Gasteiger partial charge < -0.3 is 19.4 Å². The molecule has 0 spiro atoms. The molecule has 0 aliphatic carbocycles. The van der Waals surface area contributed by atoms with Crippen LogP contribution in [0, 0.1) is 0 Å². The van der Waals surface area contributed by atoms with Crippen molar-refractivity contribution >= 4 is 16.9 Å². The van der Waals surface area contributed by atoms with Crippen LogP contribution in [0.3, 0.4) is 0 Å². The maximum atomic E-state index is 13.2. The average molecular weight is 363 g/mol. The maximum Gasteiger partial charge on any atom is 0.254 e. The summed E-state index contributed by atoms with van der Waals surface area (Å²) in [5.41, 5.74) is 2.56. The number of carbonyl (C=O) groups is 1. The smallest absolute Gasteiger partial charge is 0.254 e. The van der Waals surface area contributed by atoms with Crippen molar-refractivity contribution in [1.82, 2.24) is 14.9 Å². The summed E-state index contributed by atoms with van der Waals surface area (Å²) in [5.74, 6) is 2.22. The van der Waals surface area contributed by atoms with Crippen molar-refractivity contribution in [1.29, 1.82) is 0 Å². The summed E-state index contributed by atoms with van der Waals surface area (Å²) in [6, 6.07) is 13.4. The van der Waals surface area contributed by atoms with Crippen LogP contribution in [0.1, 0.15) is 41.5 Å². The number of likely N-dealkylation sites (tertiary alicyclic amines) is 1. The number of amides is 1. The molecule has 3 aromatic rings. The number of ether oxygens (including phenoxy) is 2. The highest BCUT2D eigenvalue weighted by Crippen LogP contribution is 2.35. The number of benzene rings is 2. The largest absolute Gasteiger partial charge is 0.490 e. The molecule has 1 N–H and O–H groups in total. The predicted octanol–water partition coefficient (Wildman–Crippen LogP) is 3.70. The fraction of sp³-hybridized carbons (Fsp3) is 0.333. The van der Waals surface area contributed by atoms with E-state index in [1.807, 2.05) is 41.3 Å². The highest BCUT2D eigenvalue weighted by molar-refractivity contribution is 5.95. The van der Waals surface area contributed by atoms with Gasteiger partial charge in [-0.3, -0.25) is 4.79 Å². The van der Waals surface area contributed by atoms with Crippen LogP contribution in [-0.2, 0) is 0 Å². The van der Waals surface area contributed by atoms with Gasteiger partial charge in [0.2, 0.25) is 0 Å². The lowest BCUT2D eigenvalue weighted by molar-refractivity contribution is 0.0730. The molecule has 2 aliphatic heterocycles. The molecule has 5 rings (SSSR count). The Kier molecular flexibility index (Phi) is 3.96. The van der Waals surface area contributed by atoms with E-state index < -0.39 is 0 Å². The molecule has 2 aliphatic rings. The zero-order valence-corrected chi connectivity index (χ0v) is 15.0. The van der Waals surface area contributed by atoms with E-state index in [2.05, 4.69) is 4.98 Å². The van der Waals surface area contributed by atoms with Gasteiger partial charge in [-0.1, -0.05) is 12.1 Å². The number of hydrogen-bond acceptors (Lipinski definition) is 4. The van der Waals surface area contributed by atoms with Crippen LogP contribution in [0.25, 0.3) is 11.0 Å². The molecule has 6 nitrogen and oxygen atoms in total. The molecular formula is C21H21N3O3. The third-order valence-corrected chi connectivity index (χ3v) is 5.23.